The van der Waals surface area contributed by atoms with Gasteiger partial charge >= 0.3 is 0 Å². The van der Waals surface area contributed by atoms with Crippen LogP contribution in [0.5, 0.6) is 0 Å². The third-order valence-corrected chi connectivity index (χ3v) is 4.80. The van der Waals surface area contributed by atoms with E-state index in [1.807, 2.05) is 0 Å². The molecule has 18 heavy (non-hydrogen) atoms. The van der Waals surface area contributed by atoms with Crippen molar-refractivity contribution in [2.45, 2.75) is 32.7 Å². The second-order valence-electron chi connectivity index (χ2n) is 6.08. The van der Waals surface area contributed by atoms with E-state index in [-0.39, 0.29) is 5.41 Å². The number of hydrogen-bond donors (Lipinski definition) is 1. The van der Waals surface area contributed by atoms with Gasteiger partial charge in [0.2, 0.25) is 0 Å². The second-order valence-corrected chi connectivity index (χ2v) is 6.08. The molecule has 2 heterocycles. The second kappa shape index (κ2) is 6.33. The molecule has 0 spiro atoms. The van der Waals surface area contributed by atoms with E-state index in [1.165, 1.54) is 32.6 Å². The molecular weight excluding hydrogens is 226 g/mol. The Morgan fingerprint density at radius 2 is 2.00 bits per heavy atom. The molecule has 106 valence electrons. The first-order valence-corrected chi connectivity index (χ1v) is 7.43. The highest BCUT2D eigenvalue weighted by molar-refractivity contribution is 4.89. The van der Waals surface area contributed by atoms with E-state index in [0.29, 0.717) is 0 Å². The number of rotatable bonds is 5. The van der Waals surface area contributed by atoms with Crippen LogP contribution in [0.2, 0.25) is 0 Å². The normalized spacial score (nSPS) is 32.8. The van der Waals surface area contributed by atoms with E-state index in [9.17, 15) is 0 Å². The van der Waals surface area contributed by atoms with Gasteiger partial charge in [0.05, 0.1) is 6.61 Å². The molecule has 2 aliphatic rings. The lowest BCUT2D eigenvalue weighted by Crippen LogP contribution is -2.53. The fourth-order valence-electron chi connectivity index (χ4n) is 3.09. The summed E-state index contributed by atoms with van der Waals surface area (Å²) in [6.45, 7) is 13.0. The van der Waals surface area contributed by atoms with Crippen molar-refractivity contribution in [3.05, 3.63) is 0 Å². The Balaban J connectivity index is 1.79. The maximum absolute atomic E-state index is 5.97. The Labute approximate surface area is 111 Å². The third kappa shape index (κ3) is 3.23. The van der Waals surface area contributed by atoms with Crippen LogP contribution >= 0.6 is 0 Å². The summed E-state index contributed by atoms with van der Waals surface area (Å²) in [4.78, 5) is 5.19. The summed E-state index contributed by atoms with van der Waals surface area (Å²) in [5.41, 5.74) is 6.20. The van der Waals surface area contributed by atoms with E-state index in [0.717, 1.165) is 38.8 Å². The Morgan fingerprint density at radius 1 is 1.28 bits per heavy atom. The van der Waals surface area contributed by atoms with E-state index in [2.05, 4.69) is 23.6 Å². The number of nitrogens with two attached hydrogens (primary N) is 1. The molecule has 0 aromatic carbocycles. The molecule has 2 rings (SSSR count). The van der Waals surface area contributed by atoms with E-state index < -0.39 is 0 Å². The molecule has 2 N–H and O–H groups in total. The molecule has 0 radical (unpaired) electrons. The van der Waals surface area contributed by atoms with Gasteiger partial charge in [0.25, 0.3) is 0 Å². The first-order valence-electron chi connectivity index (χ1n) is 7.43. The highest BCUT2D eigenvalue weighted by Crippen LogP contribution is 2.28. The lowest BCUT2D eigenvalue weighted by molar-refractivity contribution is 0.0604. The predicted molar refractivity (Wildman–Crippen MR) is 74.7 cm³/mol. The molecular formula is C14H29N3O. The average Bonchev–Trinajstić information content (AvgIpc) is 2.88. The Hall–Kier alpha value is -0.160. The quantitative estimate of drug-likeness (QED) is 0.788. The zero-order valence-electron chi connectivity index (χ0n) is 12.0. The van der Waals surface area contributed by atoms with Gasteiger partial charge in [-0.25, -0.2) is 0 Å². The summed E-state index contributed by atoms with van der Waals surface area (Å²) < 4.78 is 5.55. The lowest BCUT2D eigenvalue weighted by Gasteiger charge is -2.41. The zero-order chi connectivity index (χ0) is 13.0. The fourth-order valence-corrected chi connectivity index (χ4v) is 3.09. The van der Waals surface area contributed by atoms with Crippen LogP contribution in [0.4, 0.5) is 0 Å². The van der Waals surface area contributed by atoms with Crippen LogP contribution in [-0.4, -0.2) is 68.3 Å². The van der Waals surface area contributed by atoms with Crippen molar-refractivity contribution in [2.75, 3.05) is 52.5 Å². The van der Waals surface area contributed by atoms with Crippen LogP contribution in [0.1, 0.15) is 26.7 Å². The number of piperazine rings is 1. The summed E-state index contributed by atoms with van der Waals surface area (Å²) in [7, 11) is 0. The van der Waals surface area contributed by atoms with Gasteiger partial charge in [-0.1, -0.05) is 6.92 Å². The van der Waals surface area contributed by atoms with Crippen LogP contribution in [0, 0.1) is 5.41 Å². The summed E-state index contributed by atoms with van der Waals surface area (Å²) in [6.07, 6.45) is 2.38. The molecule has 2 saturated heterocycles. The maximum atomic E-state index is 5.97. The van der Waals surface area contributed by atoms with Gasteiger partial charge in [-0.2, -0.15) is 0 Å². The van der Waals surface area contributed by atoms with Crippen molar-refractivity contribution < 1.29 is 4.74 Å². The molecule has 0 amide bonds. The van der Waals surface area contributed by atoms with Crippen LogP contribution in [-0.2, 0) is 4.74 Å². The van der Waals surface area contributed by atoms with Crippen molar-refractivity contribution in [1.29, 1.82) is 0 Å². The van der Waals surface area contributed by atoms with Crippen LogP contribution < -0.4 is 5.73 Å². The van der Waals surface area contributed by atoms with Gasteiger partial charge in [0, 0.05) is 57.3 Å². The topological polar surface area (TPSA) is 41.7 Å². The SMILES string of the molecule is CCC(C)N1CCN(CC2(CN)CCOC2)CC1. The molecule has 4 heteroatoms. The Kier molecular flexibility index (Phi) is 5.01. The molecule has 2 fully saturated rings. The monoisotopic (exact) mass is 255 g/mol. The van der Waals surface area contributed by atoms with Crippen LogP contribution in [0.3, 0.4) is 0 Å². The molecule has 0 aromatic heterocycles. The molecule has 2 atom stereocenters. The van der Waals surface area contributed by atoms with Gasteiger partial charge in [0.1, 0.15) is 0 Å². The maximum Gasteiger partial charge on any atom is 0.0547 e. The average molecular weight is 255 g/mol. The Morgan fingerprint density at radius 3 is 2.50 bits per heavy atom. The minimum atomic E-state index is 0.235. The summed E-state index contributed by atoms with van der Waals surface area (Å²) in [5, 5.41) is 0. The standard InChI is InChI=1S/C14H29N3O/c1-3-13(2)17-7-5-16(6-8-17)11-14(10-15)4-9-18-12-14/h13H,3-12,15H2,1-2H3. The van der Waals surface area contributed by atoms with Crippen molar-refractivity contribution >= 4 is 0 Å². The molecule has 0 saturated carbocycles. The highest BCUT2D eigenvalue weighted by atomic mass is 16.5. The zero-order valence-corrected chi connectivity index (χ0v) is 12.0. The number of nitrogens with zero attached hydrogens (tertiary/aromatic N) is 2. The van der Waals surface area contributed by atoms with Crippen molar-refractivity contribution in [2.24, 2.45) is 11.1 Å². The molecule has 4 nitrogen and oxygen atoms in total. The van der Waals surface area contributed by atoms with E-state index >= 15 is 0 Å². The minimum Gasteiger partial charge on any atom is -0.381 e. The predicted octanol–water partition coefficient (Wildman–Crippen LogP) is 0.768. The number of ether oxygens (including phenoxy) is 1. The van der Waals surface area contributed by atoms with Gasteiger partial charge < -0.3 is 15.4 Å². The van der Waals surface area contributed by atoms with E-state index in [1.54, 1.807) is 0 Å². The molecule has 2 unspecified atom stereocenters. The van der Waals surface area contributed by atoms with E-state index in [4.69, 9.17) is 10.5 Å². The van der Waals surface area contributed by atoms with Gasteiger partial charge in [0.15, 0.2) is 0 Å². The summed E-state index contributed by atoms with van der Waals surface area (Å²) in [5.74, 6) is 0. The highest BCUT2D eigenvalue weighted by Gasteiger charge is 2.36. The van der Waals surface area contributed by atoms with Crippen molar-refractivity contribution in [1.82, 2.24) is 9.80 Å². The molecule has 2 aliphatic heterocycles. The third-order valence-electron chi connectivity index (χ3n) is 4.80. The Bertz CT molecular complexity index is 245. The first-order chi connectivity index (χ1) is 8.69. The largest absolute Gasteiger partial charge is 0.381 e. The smallest absolute Gasteiger partial charge is 0.0547 e. The van der Waals surface area contributed by atoms with Gasteiger partial charge in [-0.05, 0) is 19.8 Å². The molecule has 0 bridgehead atoms. The minimum absolute atomic E-state index is 0.235. The van der Waals surface area contributed by atoms with Crippen LogP contribution in [0.15, 0.2) is 0 Å². The lowest BCUT2D eigenvalue weighted by atomic mass is 9.86. The molecule has 0 aromatic rings. The van der Waals surface area contributed by atoms with Crippen LogP contribution in [0.25, 0.3) is 0 Å². The van der Waals surface area contributed by atoms with Crippen molar-refractivity contribution in [3.8, 4) is 0 Å². The fraction of sp³-hybridized carbons (Fsp3) is 1.00. The van der Waals surface area contributed by atoms with Gasteiger partial charge in [-0.15, -0.1) is 0 Å². The molecule has 0 aliphatic carbocycles. The number of hydrogen-bond acceptors (Lipinski definition) is 4. The van der Waals surface area contributed by atoms with Crippen molar-refractivity contribution in [3.63, 3.8) is 0 Å². The summed E-state index contributed by atoms with van der Waals surface area (Å²) >= 11 is 0. The summed E-state index contributed by atoms with van der Waals surface area (Å²) in [6, 6.07) is 0.727. The van der Waals surface area contributed by atoms with Gasteiger partial charge in [-0.3, -0.25) is 4.90 Å². The first kappa shape index (κ1) is 14.3.